The molecule has 7 nitrogen and oxygen atoms in total. The quantitative estimate of drug-likeness (QED) is 0.267. The number of aromatic nitrogens is 3. The Morgan fingerprint density at radius 1 is 1.14 bits per heavy atom. The number of primary amides is 1. The molecule has 0 bridgehead atoms. The summed E-state index contributed by atoms with van der Waals surface area (Å²) in [5, 5.41) is 7.88. The highest BCUT2D eigenvalue weighted by atomic mass is 16.1. The van der Waals surface area contributed by atoms with Crippen molar-refractivity contribution in [2.75, 3.05) is 5.32 Å². The van der Waals surface area contributed by atoms with E-state index in [1.807, 2.05) is 48.7 Å². The monoisotopic (exact) mass is 480 g/mol. The van der Waals surface area contributed by atoms with Gasteiger partial charge in [-0.1, -0.05) is 62.1 Å². The number of carbonyl (C=O) groups excluding carboxylic acids is 1. The molecule has 0 aliphatic rings. The Hall–Kier alpha value is -4.52. The maximum absolute atomic E-state index is 11.3. The Kier molecular flexibility index (Phi) is 8.89. The van der Waals surface area contributed by atoms with Gasteiger partial charge in [0.05, 0.1) is 23.3 Å². The fourth-order valence-corrected chi connectivity index (χ4v) is 3.44. The molecule has 3 aromatic rings. The third-order valence-corrected chi connectivity index (χ3v) is 5.53. The highest BCUT2D eigenvalue weighted by Gasteiger charge is 2.09. The number of fused-ring (bicyclic) bond motifs is 1. The average molecular weight is 481 g/mol. The van der Waals surface area contributed by atoms with E-state index >= 15 is 0 Å². The van der Waals surface area contributed by atoms with E-state index in [9.17, 15) is 4.79 Å². The lowest BCUT2D eigenvalue weighted by atomic mass is 10.1. The number of nitrogens with zero attached hydrogens (tertiary/aromatic N) is 4. The number of allylic oxidation sites excluding steroid dienone is 8. The smallest absolute Gasteiger partial charge is 0.248 e. The van der Waals surface area contributed by atoms with Crippen LogP contribution in [0, 0.1) is 0 Å². The number of anilines is 1. The van der Waals surface area contributed by atoms with Crippen LogP contribution in [0.4, 0.5) is 5.95 Å². The highest BCUT2D eigenvalue weighted by Crippen LogP contribution is 2.19. The van der Waals surface area contributed by atoms with E-state index in [0.29, 0.717) is 17.2 Å². The molecule has 7 heteroatoms. The first-order valence-corrected chi connectivity index (χ1v) is 11.8. The first-order valence-electron chi connectivity index (χ1n) is 11.8. The number of carbonyl (C=O) groups is 1. The van der Waals surface area contributed by atoms with Crippen LogP contribution in [0.5, 0.6) is 0 Å². The van der Waals surface area contributed by atoms with E-state index in [4.69, 9.17) is 5.73 Å². The summed E-state index contributed by atoms with van der Waals surface area (Å²) in [5.41, 5.74) is 11.8. The van der Waals surface area contributed by atoms with E-state index in [-0.39, 0.29) is 0 Å². The van der Waals surface area contributed by atoms with Crippen LogP contribution in [0.2, 0.25) is 0 Å². The van der Waals surface area contributed by atoms with Crippen molar-refractivity contribution in [3.8, 4) is 0 Å². The molecule has 0 atom stereocenters. The average Bonchev–Trinajstić information content (AvgIpc) is 3.31. The van der Waals surface area contributed by atoms with Gasteiger partial charge in [0.1, 0.15) is 0 Å². The minimum Gasteiger partial charge on any atom is -0.366 e. The number of aliphatic imine (C=N–C) groups is 1. The Bertz CT molecular complexity index is 1400. The molecule has 0 unspecified atom stereocenters. The van der Waals surface area contributed by atoms with Gasteiger partial charge in [-0.2, -0.15) is 4.98 Å². The van der Waals surface area contributed by atoms with Crippen LogP contribution in [0.3, 0.4) is 0 Å². The first-order chi connectivity index (χ1) is 17.4. The molecule has 2 aromatic heterocycles. The number of nitrogens with two attached hydrogens (primary N) is 1. The van der Waals surface area contributed by atoms with Gasteiger partial charge < -0.3 is 11.1 Å². The molecule has 0 aliphatic heterocycles. The molecule has 36 heavy (non-hydrogen) atoms. The summed E-state index contributed by atoms with van der Waals surface area (Å²) in [7, 11) is 0. The fourth-order valence-electron chi connectivity index (χ4n) is 3.44. The van der Waals surface area contributed by atoms with Gasteiger partial charge >= 0.3 is 0 Å². The second kappa shape index (κ2) is 12.3. The van der Waals surface area contributed by atoms with Crippen molar-refractivity contribution in [1.82, 2.24) is 14.6 Å². The number of amides is 1. The summed E-state index contributed by atoms with van der Waals surface area (Å²) < 4.78 is 1.83. The molecule has 1 amide bonds. The normalized spacial score (nSPS) is 13.2. The van der Waals surface area contributed by atoms with Gasteiger partial charge in [-0.05, 0) is 68.2 Å². The van der Waals surface area contributed by atoms with Gasteiger partial charge in [0.15, 0.2) is 5.65 Å². The Morgan fingerprint density at radius 3 is 2.50 bits per heavy atom. The van der Waals surface area contributed by atoms with Gasteiger partial charge in [0.25, 0.3) is 0 Å². The summed E-state index contributed by atoms with van der Waals surface area (Å²) in [6.07, 6.45) is 12.9. The highest BCUT2D eigenvalue weighted by molar-refractivity contribution is 5.93. The second-order valence-corrected chi connectivity index (χ2v) is 8.08. The third kappa shape index (κ3) is 6.54. The molecule has 3 rings (SSSR count). The SMILES string of the molecule is C=C(/N=C\C(=C/C)Nc1nc2cccc(/C(C)=C/C=C(\C=C/C)CC)n2n1)c1ccc(C(N)=O)cc1. The fraction of sp³-hybridized carbons (Fsp3) is 0.172. The third-order valence-electron chi connectivity index (χ3n) is 5.53. The lowest BCUT2D eigenvalue weighted by Crippen LogP contribution is -2.10. The Morgan fingerprint density at radius 2 is 1.86 bits per heavy atom. The number of nitrogens with one attached hydrogen (secondary N) is 1. The summed E-state index contributed by atoms with van der Waals surface area (Å²) >= 11 is 0. The van der Waals surface area contributed by atoms with Crippen LogP contribution < -0.4 is 11.1 Å². The van der Waals surface area contributed by atoms with E-state index in [0.717, 1.165) is 34.6 Å². The summed E-state index contributed by atoms with van der Waals surface area (Å²) in [6, 6.07) is 12.8. The van der Waals surface area contributed by atoms with E-state index in [1.165, 1.54) is 5.57 Å². The topological polar surface area (TPSA) is 97.7 Å². The van der Waals surface area contributed by atoms with Crippen LogP contribution in [0.1, 0.15) is 55.7 Å². The Labute approximate surface area is 212 Å². The molecule has 184 valence electrons. The zero-order chi connectivity index (χ0) is 26.1. The van der Waals surface area contributed by atoms with E-state index in [1.54, 1.807) is 30.5 Å². The minimum absolute atomic E-state index is 0.438. The maximum atomic E-state index is 11.3. The van der Waals surface area contributed by atoms with Crippen molar-refractivity contribution >= 4 is 35.0 Å². The molecule has 0 spiro atoms. The van der Waals surface area contributed by atoms with Crippen molar-refractivity contribution in [1.29, 1.82) is 0 Å². The minimum atomic E-state index is -0.472. The second-order valence-electron chi connectivity index (χ2n) is 8.08. The molecule has 0 saturated carbocycles. The standard InChI is InChI=1S/C29H32N6O/c1-6-10-22(7-2)14-13-20(4)26-11-9-12-27-33-29(34-35(26)27)32-25(8-3)19-31-21(5)23-15-17-24(18-16-23)28(30)36/h6,8-19H,5,7H2,1-4H3,(H2,30,36)(H,32,34)/b10-6-,20-13+,22-14-,25-8+,31-19-. The van der Waals surface area contributed by atoms with Crippen molar-refractivity contribution in [3.05, 3.63) is 108 Å². The summed E-state index contributed by atoms with van der Waals surface area (Å²) in [6.45, 7) is 12.1. The van der Waals surface area contributed by atoms with Crippen LogP contribution in [0.15, 0.2) is 95.7 Å². The molecule has 0 aliphatic carbocycles. The van der Waals surface area contributed by atoms with Gasteiger partial charge in [0, 0.05) is 5.56 Å². The molecule has 0 saturated heterocycles. The molecular weight excluding hydrogens is 448 g/mol. The van der Waals surface area contributed by atoms with Crippen LogP contribution in [-0.2, 0) is 0 Å². The number of pyridine rings is 1. The molecule has 3 N–H and O–H groups in total. The van der Waals surface area contributed by atoms with Crippen molar-refractivity contribution in [3.63, 3.8) is 0 Å². The zero-order valence-corrected chi connectivity index (χ0v) is 21.2. The summed E-state index contributed by atoms with van der Waals surface area (Å²) in [5.74, 6) is -0.00869. The van der Waals surface area contributed by atoms with E-state index in [2.05, 4.69) is 59.0 Å². The lowest BCUT2D eigenvalue weighted by Gasteiger charge is -2.04. The molecule has 1 aromatic carbocycles. The predicted octanol–water partition coefficient (Wildman–Crippen LogP) is 6.20. The van der Waals surface area contributed by atoms with Crippen molar-refractivity contribution < 1.29 is 4.79 Å². The van der Waals surface area contributed by atoms with Gasteiger partial charge in [-0.25, -0.2) is 4.52 Å². The number of benzene rings is 1. The van der Waals surface area contributed by atoms with Crippen molar-refractivity contribution in [2.45, 2.75) is 34.1 Å². The largest absolute Gasteiger partial charge is 0.366 e. The van der Waals surface area contributed by atoms with E-state index < -0.39 is 5.91 Å². The number of hydrogen-bond acceptors (Lipinski definition) is 5. The number of rotatable bonds is 10. The van der Waals surface area contributed by atoms with Crippen LogP contribution in [-0.4, -0.2) is 26.7 Å². The molecule has 2 heterocycles. The van der Waals surface area contributed by atoms with Gasteiger partial charge in [-0.15, -0.1) is 5.10 Å². The van der Waals surface area contributed by atoms with Crippen LogP contribution >= 0.6 is 0 Å². The first kappa shape index (κ1) is 26.1. The van der Waals surface area contributed by atoms with Gasteiger partial charge in [0.2, 0.25) is 11.9 Å². The summed E-state index contributed by atoms with van der Waals surface area (Å²) in [4.78, 5) is 20.3. The Balaban J connectivity index is 1.79. The predicted molar refractivity (Wildman–Crippen MR) is 150 cm³/mol. The lowest BCUT2D eigenvalue weighted by molar-refractivity contribution is 0.100. The van der Waals surface area contributed by atoms with Crippen LogP contribution in [0.25, 0.3) is 16.9 Å². The zero-order valence-electron chi connectivity index (χ0n) is 21.2. The number of hydrogen-bond donors (Lipinski definition) is 2. The maximum Gasteiger partial charge on any atom is 0.248 e. The van der Waals surface area contributed by atoms with Crippen molar-refractivity contribution in [2.24, 2.45) is 10.7 Å². The van der Waals surface area contributed by atoms with Gasteiger partial charge in [-0.3, -0.25) is 9.79 Å². The molecule has 0 radical (unpaired) electrons. The molecule has 0 fully saturated rings. The molecular formula is C29H32N6O.